The van der Waals surface area contributed by atoms with Gasteiger partial charge >= 0.3 is 0 Å². The molecule has 82 valence electrons. The lowest BCUT2D eigenvalue weighted by atomic mass is 9.83. The molecule has 1 aliphatic carbocycles. The van der Waals surface area contributed by atoms with Gasteiger partial charge in [-0.2, -0.15) is 5.10 Å². The molecule has 2 nitrogen and oxygen atoms in total. The predicted molar refractivity (Wildman–Crippen MR) is 65.4 cm³/mol. The lowest BCUT2D eigenvalue weighted by Crippen LogP contribution is -2.08. The normalized spacial score (nSPS) is 16.1. The van der Waals surface area contributed by atoms with Crippen LogP contribution in [-0.2, 0) is 0 Å². The first-order valence-corrected chi connectivity index (χ1v) is 5.95. The summed E-state index contributed by atoms with van der Waals surface area (Å²) in [6.07, 6.45) is 3.99. The number of hydrogen-bond donors (Lipinski definition) is 1. The number of hydrogen-bond acceptors (Lipinski definition) is 1. The molecule has 1 N–H and O–H groups in total. The molecule has 2 heteroatoms. The van der Waals surface area contributed by atoms with Gasteiger partial charge in [-0.05, 0) is 31.9 Å². The standard InChI is InChI=1S/C14H16N2/c1-10-4-2-7-12(8-10)14-9-13(15-16-14)11-5-3-6-11/h2,4,7-9,11H,3,5-6H2,1H3,(H,15,16). The van der Waals surface area contributed by atoms with Crippen LogP contribution in [0.1, 0.15) is 36.4 Å². The van der Waals surface area contributed by atoms with Crippen LogP contribution < -0.4 is 0 Å². The lowest BCUT2D eigenvalue weighted by Gasteiger charge is -2.23. The van der Waals surface area contributed by atoms with E-state index in [9.17, 15) is 0 Å². The second-order valence-electron chi connectivity index (χ2n) is 4.71. The fourth-order valence-corrected chi connectivity index (χ4v) is 2.22. The first-order chi connectivity index (χ1) is 7.83. The Labute approximate surface area is 95.7 Å². The van der Waals surface area contributed by atoms with Gasteiger partial charge in [0.15, 0.2) is 0 Å². The van der Waals surface area contributed by atoms with Crippen molar-refractivity contribution in [2.75, 3.05) is 0 Å². The van der Waals surface area contributed by atoms with Gasteiger partial charge in [-0.1, -0.05) is 30.2 Å². The number of benzene rings is 1. The van der Waals surface area contributed by atoms with Crippen LogP contribution in [0.2, 0.25) is 0 Å². The number of nitrogens with one attached hydrogen (secondary N) is 1. The number of aryl methyl sites for hydroxylation is 1. The number of nitrogens with zero attached hydrogens (tertiary/aromatic N) is 1. The molecule has 1 aliphatic rings. The molecule has 0 radical (unpaired) electrons. The van der Waals surface area contributed by atoms with E-state index in [0.717, 1.165) is 11.6 Å². The lowest BCUT2D eigenvalue weighted by molar-refractivity contribution is 0.410. The maximum absolute atomic E-state index is 4.41. The van der Waals surface area contributed by atoms with Crippen molar-refractivity contribution in [2.24, 2.45) is 0 Å². The van der Waals surface area contributed by atoms with Gasteiger partial charge in [0.25, 0.3) is 0 Å². The third-order valence-electron chi connectivity index (χ3n) is 3.46. The molecule has 0 saturated heterocycles. The van der Waals surface area contributed by atoms with E-state index in [-0.39, 0.29) is 0 Å². The molecule has 0 spiro atoms. The molecular formula is C14H16N2. The summed E-state index contributed by atoms with van der Waals surface area (Å²) in [5, 5.41) is 7.58. The average molecular weight is 212 g/mol. The van der Waals surface area contributed by atoms with Gasteiger partial charge in [-0.25, -0.2) is 0 Å². The molecule has 3 rings (SSSR count). The summed E-state index contributed by atoms with van der Waals surface area (Å²) < 4.78 is 0. The highest BCUT2D eigenvalue weighted by molar-refractivity contribution is 5.60. The Kier molecular flexibility index (Phi) is 2.28. The Morgan fingerprint density at radius 3 is 2.81 bits per heavy atom. The molecule has 0 amide bonds. The number of H-pyrrole nitrogens is 1. The molecule has 1 fully saturated rings. The minimum absolute atomic E-state index is 0.728. The van der Waals surface area contributed by atoms with Crippen molar-refractivity contribution in [1.29, 1.82) is 0 Å². The summed E-state index contributed by atoms with van der Waals surface area (Å²) in [5.74, 6) is 0.728. The van der Waals surface area contributed by atoms with Crippen LogP contribution in [0.25, 0.3) is 11.3 Å². The molecule has 1 heterocycles. The van der Waals surface area contributed by atoms with Crippen molar-refractivity contribution in [2.45, 2.75) is 32.1 Å². The Morgan fingerprint density at radius 1 is 1.25 bits per heavy atom. The van der Waals surface area contributed by atoms with Crippen LogP contribution in [0.5, 0.6) is 0 Å². The summed E-state index contributed by atoms with van der Waals surface area (Å²) in [6.45, 7) is 2.11. The van der Waals surface area contributed by atoms with E-state index < -0.39 is 0 Å². The van der Waals surface area contributed by atoms with Gasteiger partial charge in [-0.3, -0.25) is 5.10 Å². The molecule has 0 atom stereocenters. The Hall–Kier alpha value is -1.57. The highest BCUT2D eigenvalue weighted by atomic mass is 15.1. The van der Waals surface area contributed by atoms with Crippen molar-refractivity contribution < 1.29 is 0 Å². The third kappa shape index (κ3) is 1.64. The smallest absolute Gasteiger partial charge is 0.0923 e. The quantitative estimate of drug-likeness (QED) is 0.808. The van der Waals surface area contributed by atoms with E-state index in [1.807, 2.05) is 0 Å². The summed E-state index contributed by atoms with van der Waals surface area (Å²) in [7, 11) is 0. The van der Waals surface area contributed by atoms with Crippen LogP contribution in [0, 0.1) is 6.92 Å². The number of aromatic amines is 1. The summed E-state index contributed by atoms with van der Waals surface area (Å²) in [6, 6.07) is 10.7. The molecule has 0 aliphatic heterocycles. The number of rotatable bonds is 2. The summed E-state index contributed by atoms with van der Waals surface area (Å²) in [5.41, 5.74) is 4.88. The predicted octanol–water partition coefficient (Wildman–Crippen LogP) is 3.65. The maximum atomic E-state index is 4.41. The minimum Gasteiger partial charge on any atom is -0.282 e. The highest BCUT2D eigenvalue weighted by Gasteiger charge is 2.21. The highest BCUT2D eigenvalue weighted by Crippen LogP contribution is 2.36. The summed E-state index contributed by atoms with van der Waals surface area (Å²) >= 11 is 0. The second-order valence-corrected chi connectivity index (χ2v) is 4.71. The molecule has 1 aromatic carbocycles. The van der Waals surface area contributed by atoms with Crippen LogP contribution in [-0.4, -0.2) is 10.2 Å². The first-order valence-electron chi connectivity index (χ1n) is 5.95. The third-order valence-corrected chi connectivity index (χ3v) is 3.46. The monoisotopic (exact) mass is 212 g/mol. The maximum Gasteiger partial charge on any atom is 0.0923 e. The van der Waals surface area contributed by atoms with Crippen molar-refractivity contribution in [3.8, 4) is 11.3 Å². The Bertz CT molecular complexity index is 495. The van der Waals surface area contributed by atoms with E-state index in [2.05, 4.69) is 47.5 Å². The van der Waals surface area contributed by atoms with Crippen LogP contribution >= 0.6 is 0 Å². The van der Waals surface area contributed by atoms with Gasteiger partial charge < -0.3 is 0 Å². The zero-order valence-electron chi connectivity index (χ0n) is 9.53. The van der Waals surface area contributed by atoms with E-state index in [1.165, 1.54) is 36.1 Å². The number of aromatic nitrogens is 2. The minimum atomic E-state index is 0.728. The molecule has 0 bridgehead atoms. The van der Waals surface area contributed by atoms with E-state index in [1.54, 1.807) is 0 Å². The van der Waals surface area contributed by atoms with Gasteiger partial charge in [0, 0.05) is 17.2 Å². The first kappa shape index (κ1) is 9.64. The molecule has 1 aromatic heterocycles. The molecule has 1 saturated carbocycles. The topological polar surface area (TPSA) is 28.7 Å². The van der Waals surface area contributed by atoms with Crippen LogP contribution in [0.3, 0.4) is 0 Å². The molecular weight excluding hydrogens is 196 g/mol. The van der Waals surface area contributed by atoms with Gasteiger partial charge in [0.2, 0.25) is 0 Å². The van der Waals surface area contributed by atoms with Gasteiger partial charge in [0.05, 0.1) is 5.69 Å². The Morgan fingerprint density at radius 2 is 2.12 bits per heavy atom. The average Bonchev–Trinajstić information content (AvgIpc) is 2.64. The fourth-order valence-electron chi connectivity index (χ4n) is 2.22. The van der Waals surface area contributed by atoms with E-state index in [4.69, 9.17) is 0 Å². The van der Waals surface area contributed by atoms with Crippen LogP contribution in [0.4, 0.5) is 0 Å². The van der Waals surface area contributed by atoms with Gasteiger partial charge in [0.1, 0.15) is 0 Å². The molecule has 16 heavy (non-hydrogen) atoms. The van der Waals surface area contributed by atoms with Crippen LogP contribution in [0.15, 0.2) is 30.3 Å². The largest absolute Gasteiger partial charge is 0.282 e. The van der Waals surface area contributed by atoms with Crippen molar-refractivity contribution in [3.05, 3.63) is 41.6 Å². The zero-order valence-corrected chi connectivity index (χ0v) is 9.53. The molecule has 0 unspecified atom stereocenters. The fraction of sp³-hybridized carbons (Fsp3) is 0.357. The van der Waals surface area contributed by atoms with Crippen molar-refractivity contribution in [1.82, 2.24) is 10.2 Å². The van der Waals surface area contributed by atoms with E-state index >= 15 is 0 Å². The van der Waals surface area contributed by atoms with Gasteiger partial charge in [-0.15, -0.1) is 0 Å². The second kappa shape index (κ2) is 3.78. The zero-order chi connectivity index (χ0) is 11.0. The Balaban J connectivity index is 1.91. The van der Waals surface area contributed by atoms with Crippen molar-refractivity contribution >= 4 is 0 Å². The SMILES string of the molecule is Cc1cccc(-c2cc(C3CCC3)[nH]n2)c1. The van der Waals surface area contributed by atoms with Crippen molar-refractivity contribution in [3.63, 3.8) is 0 Å². The molecule has 2 aromatic rings. The van der Waals surface area contributed by atoms with E-state index in [0.29, 0.717) is 0 Å². The summed E-state index contributed by atoms with van der Waals surface area (Å²) in [4.78, 5) is 0.